The lowest BCUT2D eigenvalue weighted by Gasteiger charge is -2.05. The maximum atomic E-state index is 9.58. The highest BCUT2D eigenvalue weighted by atomic mass is 16.3. The summed E-state index contributed by atoms with van der Waals surface area (Å²) in [6.07, 6.45) is 0. The van der Waals surface area contributed by atoms with Gasteiger partial charge in [-0.3, -0.25) is 0 Å². The molecule has 0 atom stereocenters. The van der Waals surface area contributed by atoms with E-state index < -0.39 is 0 Å². The minimum atomic E-state index is -0.198. The molecule has 76 valence electrons. The molecule has 2 rings (SSSR count). The SMILES string of the molecule is Oc1ccc(-c2ccccc2O)cc1O. The summed E-state index contributed by atoms with van der Waals surface area (Å²) in [7, 11) is 0. The highest BCUT2D eigenvalue weighted by molar-refractivity contribution is 5.72. The number of hydrogen-bond acceptors (Lipinski definition) is 3. The monoisotopic (exact) mass is 202 g/mol. The van der Waals surface area contributed by atoms with Crippen molar-refractivity contribution in [2.75, 3.05) is 0 Å². The number of aromatic hydroxyl groups is 3. The minimum absolute atomic E-state index is 0.141. The number of benzene rings is 2. The average Bonchev–Trinajstić information content (AvgIpc) is 2.23. The molecule has 3 N–H and O–H groups in total. The number of hydrogen-bond donors (Lipinski definition) is 3. The Kier molecular flexibility index (Phi) is 2.21. The molecular weight excluding hydrogens is 192 g/mol. The summed E-state index contributed by atoms with van der Waals surface area (Å²) in [6, 6.07) is 11.2. The maximum Gasteiger partial charge on any atom is 0.158 e. The average molecular weight is 202 g/mol. The van der Waals surface area contributed by atoms with Crippen molar-refractivity contribution in [3.8, 4) is 28.4 Å². The van der Waals surface area contributed by atoms with Crippen LogP contribution in [0.1, 0.15) is 0 Å². The lowest BCUT2D eigenvalue weighted by atomic mass is 10.0. The third-order valence-corrected chi connectivity index (χ3v) is 2.19. The van der Waals surface area contributed by atoms with Gasteiger partial charge in [0.1, 0.15) is 5.75 Å². The summed E-state index contributed by atoms with van der Waals surface area (Å²) in [5, 5.41) is 28.0. The van der Waals surface area contributed by atoms with Crippen molar-refractivity contribution >= 4 is 0 Å². The molecule has 0 saturated carbocycles. The van der Waals surface area contributed by atoms with Gasteiger partial charge in [0.25, 0.3) is 0 Å². The predicted molar refractivity (Wildman–Crippen MR) is 56.9 cm³/mol. The molecule has 0 heterocycles. The highest BCUT2D eigenvalue weighted by Gasteiger charge is 2.05. The van der Waals surface area contributed by atoms with Gasteiger partial charge in [0.2, 0.25) is 0 Å². The fourth-order valence-corrected chi connectivity index (χ4v) is 1.41. The van der Waals surface area contributed by atoms with Gasteiger partial charge >= 0.3 is 0 Å². The van der Waals surface area contributed by atoms with Crippen LogP contribution in [0.2, 0.25) is 0 Å². The van der Waals surface area contributed by atoms with Gasteiger partial charge in [-0.1, -0.05) is 24.3 Å². The zero-order chi connectivity index (χ0) is 10.8. The second kappa shape index (κ2) is 3.53. The van der Waals surface area contributed by atoms with Crippen molar-refractivity contribution in [1.29, 1.82) is 0 Å². The van der Waals surface area contributed by atoms with Crippen molar-refractivity contribution in [1.82, 2.24) is 0 Å². The molecule has 0 spiro atoms. The van der Waals surface area contributed by atoms with E-state index >= 15 is 0 Å². The summed E-state index contributed by atoms with van der Waals surface area (Å²) in [4.78, 5) is 0. The fourth-order valence-electron chi connectivity index (χ4n) is 1.41. The number of phenols is 3. The summed E-state index contributed by atoms with van der Waals surface area (Å²) in [5.74, 6) is -0.229. The van der Waals surface area contributed by atoms with E-state index in [9.17, 15) is 10.2 Å². The number of phenolic OH excluding ortho intramolecular Hbond substituents is 3. The molecule has 0 amide bonds. The zero-order valence-corrected chi connectivity index (χ0v) is 7.88. The number of para-hydroxylation sites is 1. The fraction of sp³-hybridized carbons (Fsp3) is 0. The summed E-state index contributed by atoms with van der Waals surface area (Å²) in [6.45, 7) is 0. The Hall–Kier alpha value is -2.16. The van der Waals surface area contributed by atoms with Gasteiger partial charge in [-0.25, -0.2) is 0 Å². The third-order valence-electron chi connectivity index (χ3n) is 2.19. The summed E-state index contributed by atoms with van der Waals surface area (Å²) in [5.41, 5.74) is 1.27. The standard InChI is InChI=1S/C12H10O3/c13-10-4-2-1-3-9(10)8-5-6-11(14)12(15)7-8/h1-7,13-15H. The lowest BCUT2D eigenvalue weighted by molar-refractivity contribution is 0.404. The van der Waals surface area contributed by atoms with Crippen LogP contribution in [0.5, 0.6) is 17.2 Å². The summed E-state index contributed by atoms with van der Waals surface area (Å²) < 4.78 is 0. The Morgan fingerprint density at radius 3 is 2.07 bits per heavy atom. The van der Waals surface area contributed by atoms with Crippen LogP contribution in [-0.4, -0.2) is 15.3 Å². The molecule has 0 radical (unpaired) electrons. The van der Waals surface area contributed by atoms with E-state index in [0.29, 0.717) is 11.1 Å². The van der Waals surface area contributed by atoms with Crippen LogP contribution >= 0.6 is 0 Å². The van der Waals surface area contributed by atoms with Crippen molar-refractivity contribution in [2.24, 2.45) is 0 Å². The summed E-state index contributed by atoms with van der Waals surface area (Å²) >= 11 is 0. The van der Waals surface area contributed by atoms with Crippen LogP contribution in [0.25, 0.3) is 11.1 Å². The first-order chi connectivity index (χ1) is 7.18. The van der Waals surface area contributed by atoms with E-state index in [0.717, 1.165) is 0 Å². The van der Waals surface area contributed by atoms with E-state index in [4.69, 9.17) is 5.11 Å². The molecule has 0 fully saturated rings. The van der Waals surface area contributed by atoms with Crippen LogP contribution in [-0.2, 0) is 0 Å². The van der Waals surface area contributed by atoms with Crippen LogP contribution in [0.15, 0.2) is 42.5 Å². The quantitative estimate of drug-likeness (QED) is 0.622. The van der Waals surface area contributed by atoms with Crippen LogP contribution in [0.4, 0.5) is 0 Å². The van der Waals surface area contributed by atoms with Gasteiger partial charge in [0, 0.05) is 5.56 Å². The predicted octanol–water partition coefficient (Wildman–Crippen LogP) is 2.47. The molecule has 3 heteroatoms. The molecule has 2 aromatic rings. The minimum Gasteiger partial charge on any atom is -0.507 e. The first kappa shape index (κ1) is 9.40. The van der Waals surface area contributed by atoms with Crippen LogP contribution in [0, 0.1) is 0 Å². The highest BCUT2D eigenvalue weighted by Crippen LogP contribution is 2.34. The Morgan fingerprint density at radius 1 is 0.667 bits per heavy atom. The molecule has 3 nitrogen and oxygen atoms in total. The van der Waals surface area contributed by atoms with E-state index in [1.54, 1.807) is 30.3 Å². The van der Waals surface area contributed by atoms with E-state index in [2.05, 4.69) is 0 Å². The van der Waals surface area contributed by atoms with Crippen molar-refractivity contribution in [3.63, 3.8) is 0 Å². The zero-order valence-electron chi connectivity index (χ0n) is 7.88. The third kappa shape index (κ3) is 1.72. The molecule has 0 aromatic heterocycles. The Morgan fingerprint density at radius 2 is 1.40 bits per heavy atom. The molecule has 0 aliphatic heterocycles. The maximum absolute atomic E-state index is 9.58. The van der Waals surface area contributed by atoms with Gasteiger partial charge < -0.3 is 15.3 Å². The molecular formula is C12H10O3. The first-order valence-electron chi connectivity index (χ1n) is 4.49. The largest absolute Gasteiger partial charge is 0.507 e. The Balaban J connectivity index is 2.55. The van der Waals surface area contributed by atoms with Gasteiger partial charge in [0.15, 0.2) is 11.5 Å². The van der Waals surface area contributed by atoms with E-state index in [-0.39, 0.29) is 17.2 Å². The molecule has 0 aliphatic rings. The lowest BCUT2D eigenvalue weighted by Crippen LogP contribution is -1.78. The Labute approximate surface area is 86.9 Å². The molecule has 15 heavy (non-hydrogen) atoms. The molecule has 2 aromatic carbocycles. The first-order valence-corrected chi connectivity index (χ1v) is 4.49. The van der Waals surface area contributed by atoms with Crippen LogP contribution in [0.3, 0.4) is 0 Å². The molecule has 0 unspecified atom stereocenters. The van der Waals surface area contributed by atoms with Gasteiger partial charge in [-0.15, -0.1) is 0 Å². The van der Waals surface area contributed by atoms with Gasteiger partial charge in [-0.2, -0.15) is 0 Å². The van der Waals surface area contributed by atoms with Crippen LogP contribution < -0.4 is 0 Å². The molecule has 0 bridgehead atoms. The topological polar surface area (TPSA) is 60.7 Å². The van der Waals surface area contributed by atoms with Crippen molar-refractivity contribution < 1.29 is 15.3 Å². The molecule has 0 aliphatic carbocycles. The number of rotatable bonds is 1. The second-order valence-electron chi connectivity index (χ2n) is 3.22. The van der Waals surface area contributed by atoms with Crippen molar-refractivity contribution in [3.05, 3.63) is 42.5 Å². The smallest absolute Gasteiger partial charge is 0.158 e. The normalized spacial score (nSPS) is 10.1. The van der Waals surface area contributed by atoms with E-state index in [1.165, 1.54) is 12.1 Å². The van der Waals surface area contributed by atoms with E-state index in [1.807, 2.05) is 0 Å². The second-order valence-corrected chi connectivity index (χ2v) is 3.22. The van der Waals surface area contributed by atoms with Gasteiger partial charge in [0.05, 0.1) is 0 Å². The van der Waals surface area contributed by atoms with Gasteiger partial charge in [-0.05, 0) is 23.8 Å². The van der Waals surface area contributed by atoms with Crippen molar-refractivity contribution in [2.45, 2.75) is 0 Å². The molecule has 0 saturated heterocycles. The Bertz CT molecular complexity index is 492.